The van der Waals surface area contributed by atoms with Crippen LogP contribution in [0, 0.1) is 6.92 Å². The van der Waals surface area contributed by atoms with Crippen LogP contribution in [-0.2, 0) is 17.7 Å². The van der Waals surface area contributed by atoms with Crippen LogP contribution in [0.2, 0.25) is 0 Å². The molecule has 0 bridgehead atoms. The van der Waals surface area contributed by atoms with Gasteiger partial charge in [-0.2, -0.15) is 0 Å². The molecule has 19 heavy (non-hydrogen) atoms. The van der Waals surface area contributed by atoms with Crippen molar-refractivity contribution < 1.29 is 9.53 Å². The summed E-state index contributed by atoms with van der Waals surface area (Å²) in [6.07, 6.45) is -0.0922. The summed E-state index contributed by atoms with van der Waals surface area (Å²) in [6.45, 7) is 2.77. The third-order valence-corrected chi connectivity index (χ3v) is 3.05. The standard InChI is InChI=1S/C13H16ClN3O2/c1-9-2-3-11-10(8-9)16-12(4-5-14)17(11)6-7-19-13(15)18/h2-3,8H,4-7H2,1H3,(H2,15,18). The first-order valence-corrected chi connectivity index (χ1v) is 6.59. The maximum Gasteiger partial charge on any atom is 0.404 e. The number of carbonyl (C=O) groups excluding carboxylic acids is 1. The number of aryl methyl sites for hydroxylation is 2. The van der Waals surface area contributed by atoms with Crippen molar-refractivity contribution in [2.24, 2.45) is 5.73 Å². The minimum atomic E-state index is -0.765. The number of carbonyl (C=O) groups is 1. The van der Waals surface area contributed by atoms with E-state index in [0.29, 0.717) is 18.8 Å². The molecule has 0 fully saturated rings. The van der Waals surface area contributed by atoms with Gasteiger partial charge in [0.2, 0.25) is 0 Å². The highest BCUT2D eigenvalue weighted by Crippen LogP contribution is 2.18. The summed E-state index contributed by atoms with van der Waals surface area (Å²) in [5.41, 5.74) is 8.05. The minimum absolute atomic E-state index is 0.226. The Morgan fingerprint density at radius 1 is 1.53 bits per heavy atom. The van der Waals surface area contributed by atoms with E-state index in [1.54, 1.807) is 0 Å². The van der Waals surface area contributed by atoms with E-state index in [1.165, 1.54) is 0 Å². The normalized spacial score (nSPS) is 10.8. The van der Waals surface area contributed by atoms with Crippen LogP contribution in [0.15, 0.2) is 18.2 Å². The summed E-state index contributed by atoms with van der Waals surface area (Å²) in [5.74, 6) is 1.39. The van der Waals surface area contributed by atoms with Gasteiger partial charge >= 0.3 is 6.09 Å². The van der Waals surface area contributed by atoms with Gasteiger partial charge in [0.15, 0.2) is 0 Å². The Bertz CT molecular complexity index is 595. The Balaban J connectivity index is 2.31. The summed E-state index contributed by atoms with van der Waals surface area (Å²) in [7, 11) is 0. The van der Waals surface area contributed by atoms with Crippen LogP contribution in [0.25, 0.3) is 11.0 Å². The fraction of sp³-hybridized carbons (Fsp3) is 0.385. The lowest BCUT2D eigenvalue weighted by molar-refractivity contribution is 0.152. The molecular formula is C13H16ClN3O2. The predicted octanol–water partition coefficient (Wildman–Crippen LogP) is 2.22. The van der Waals surface area contributed by atoms with E-state index in [0.717, 1.165) is 22.4 Å². The Morgan fingerprint density at radius 2 is 2.32 bits per heavy atom. The number of aromatic nitrogens is 2. The molecule has 6 heteroatoms. The number of rotatable bonds is 5. The van der Waals surface area contributed by atoms with E-state index in [9.17, 15) is 4.79 Å². The smallest absolute Gasteiger partial charge is 0.404 e. The summed E-state index contributed by atoms with van der Waals surface area (Å²) in [6, 6.07) is 6.07. The lowest BCUT2D eigenvalue weighted by Gasteiger charge is -2.08. The van der Waals surface area contributed by atoms with Crippen molar-refractivity contribution in [1.29, 1.82) is 0 Å². The van der Waals surface area contributed by atoms with Crippen molar-refractivity contribution in [2.75, 3.05) is 12.5 Å². The number of nitrogens with zero attached hydrogens (tertiary/aromatic N) is 2. The highest BCUT2D eigenvalue weighted by atomic mass is 35.5. The maximum absolute atomic E-state index is 10.6. The van der Waals surface area contributed by atoms with Crippen LogP contribution < -0.4 is 5.73 Å². The van der Waals surface area contributed by atoms with E-state index < -0.39 is 6.09 Å². The number of hydrogen-bond acceptors (Lipinski definition) is 3. The molecule has 1 aromatic carbocycles. The van der Waals surface area contributed by atoms with E-state index in [1.807, 2.05) is 29.7 Å². The third-order valence-electron chi connectivity index (χ3n) is 2.86. The zero-order valence-electron chi connectivity index (χ0n) is 10.7. The summed E-state index contributed by atoms with van der Waals surface area (Å²) >= 11 is 5.79. The van der Waals surface area contributed by atoms with Crippen molar-refractivity contribution in [3.8, 4) is 0 Å². The number of amides is 1. The number of benzene rings is 1. The lowest BCUT2D eigenvalue weighted by Crippen LogP contribution is -2.17. The van der Waals surface area contributed by atoms with Gasteiger partial charge in [-0.15, -0.1) is 11.6 Å². The SMILES string of the molecule is Cc1ccc2c(c1)nc(CCCl)n2CCOC(N)=O. The van der Waals surface area contributed by atoms with E-state index in [2.05, 4.69) is 4.98 Å². The number of ether oxygens (including phenoxy) is 1. The zero-order valence-corrected chi connectivity index (χ0v) is 11.5. The number of halogens is 1. The monoisotopic (exact) mass is 281 g/mol. The summed E-state index contributed by atoms with van der Waals surface area (Å²) in [4.78, 5) is 15.2. The quantitative estimate of drug-likeness (QED) is 0.854. The second-order valence-corrected chi connectivity index (χ2v) is 4.66. The van der Waals surface area contributed by atoms with Gasteiger partial charge in [-0.05, 0) is 24.6 Å². The number of alkyl halides is 1. The number of fused-ring (bicyclic) bond motifs is 1. The molecule has 1 amide bonds. The van der Waals surface area contributed by atoms with Gasteiger partial charge in [0.1, 0.15) is 12.4 Å². The molecule has 2 rings (SSSR count). The third kappa shape index (κ3) is 3.17. The van der Waals surface area contributed by atoms with Gasteiger partial charge in [-0.3, -0.25) is 0 Å². The Hall–Kier alpha value is -1.75. The fourth-order valence-corrected chi connectivity index (χ4v) is 2.22. The molecule has 1 aromatic heterocycles. The first-order chi connectivity index (χ1) is 9.11. The topological polar surface area (TPSA) is 70.1 Å². The molecule has 0 spiro atoms. The van der Waals surface area contributed by atoms with Gasteiger partial charge in [0.25, 0.3) is 0 Å². The van der Waals surface area contributed by atoms with E-state index in [-0.39, 0.29) is 6.61 Å². The molecule has 0 saturated heterocycles. The second kappa shape index (κ2) is 5.93. The van der Waals surface area contributed by atoms with Crippen molar-refractivity contribution >= 4 is 28.7 Å². The van der Waals surface area contributed by atoms with Gasteiger partial charge in [-0.1, -0.05) is 6.07 Å². The van der Waals surface area contributed by atoms with Gasteiger partial charge in [0, 0.05) is 12.3 Å². The molecule has 0 aliphatic carbocycles. The van der Waals surface area contributed by atoms with E-state index in [4.69, 9.17) is 22.1 Å². The van der Waals surface area contributed by atoms with E-state index >= 15 is 0 Å². The van der Waals surface area contributed by atoms with Crippen molar-refractivity contribution in [3.05, 3.63) is 29.6 Å². The molecule has 0 radical (unpaired) electrons. The number of primary amides is 1. The average Bonchev–Trinajstić information content (AvgIpc) is 2.66. The van der Waals surface area contributed by atoms with Crippen molar-refractivity contribution in [3.63, 3.8) is 0 Å². The van der Waals surface area contributed by atoms with Gasteiger partial charge in [-0.25, -0.2) is 9.78 Å². The largest absolute Gasteiger partial charge is 0.448 e. The van der Waals surface area contributed by atoms with Crippen molar-refractivity contribution in [2.45, 2.75) is 19.9 Å². The Kier molecular flexibility index (Phi) is 4.27. The molecule has 0 aliphatic rings. The lowest BCUT2D eigenvalue weighted by atomic mass is 10.2. The molecular weight excluding hydrogens is 266 g/mol. The molecule has 0 aliphatic heterocycles. The average molecular weight is 282 g/mol. The Morgan fingerprint density at radius 3 is 3.00 bits per heavy atom. The highest BCUT2D eigenvalue weighted by molar-refractivity contribution is 6.17. The second-order valence-electron chi connectivity index (χ2n) is 4.28. The molecule has 0 saturated carbocycles. The highest BCUT2D eigenvalue weighted by Gasteiger charge is 2.10. The Labute approximate surface area is 116 Å². The van der Waals surface area contributed by atoms with Crippen LogP contribution >= 0.6 is 11.6 Å². The molecule has 2 N–H and O–H groups in total. The molecule has 0 atom stereocenters. The maximum atomic E-state index is 10.6. The number of hydrogen-bond donors (Lipinski definition) is 1. The molecule has 5 nitrogen and oxygen atoms in total. The van der Waals surface area contributed by atoms with Gasteiger partial charge in [0.05, 0.1) is 17.6 Å². The molecule has 102 valence electrons. The number of nitrogens with two attached hydrogens (primary N) is 1. The van der Waals surface area contributed by atoms with Crippen LogP contribution in [0.4, 0.5) is 4.79 Å². The predicted molar refractivity (Wildman–Crippen MR) is 74.4 cm³/mol. The molecule has 1 heterocycles. The van der Waals surface area contributed by atoms with Crippen LogP contribution in [0.5, 0.6) is 0 Å². The minimum Gasteiger partial charge on any atom is -0.448 e. The fourth-order valence-electron chi connectivity index (χ4n) is 2.05. The summed E-state index contributed by atoms with van der Waals surface area (Å²) in [5, 5.41) is 0. The van der Waals surface area contributed by atoms with Crippen molar-refractivity contribution in [1.82, 2.24) is 9.55 Å². The molecule has 0 unspecified atom stereocenters. The first kappa shape index (κ1) is 13.7. The first-order valence-electron chi connectivity index (χ1n) is 6.06. The van der Waals surface area contributed by atoms with Gasteiger partial charge < -0.3 is 15.0 Å². The van der Waals surface area contributed by atoms with Crippen LogP contribution in [0.3, 0.4) is 0 Å². The van der Waals surface area contributed by atoms with Crippen LogP contribution in [-0.4, -0.2) is 28.1 Å². The summed E-state index contributed by atoms with van der Waals surface area (Å²) < 4.78 is 6.79. The zero-order chi connectivity index (χ0) is 13.8. The molecule has 2 aromatic rings. The number of imidazole rings is 1. The van der Waals surface area contributed by atoms with Crippen LogP contribution in [0.1, 0.15) is 11.4 Å².